The molecule has 1 N–H and O–H groups in total. The average molecular weight is 493 g/mol. The maximum atomic E-state index is 14.4. The molecular formula is C31H28N2O4. The molecule has 4 atom stereocenters. The molecule has 6 nitrogen and oxygen atoms in total. The van der Waals surface area contributed by atoms with Crippen LogP contribution in [0.25, 0.3) is 5.57 Å². The van der Waals surface area contributed by atoms with E-state index >= 15 is 0 Å². The van der Waals surface area contributed by atoms with Gasteiger partial charge in [0.15, 0.2) is 11.6 Å². The van der Waals surface area contributed by atoms with Crippen LogP contribution in [0, 0.1) is 12.8 Å². The molecule has 37 heavy (non-hydrogen) atoms. The number of methoxy groups -OCH3 is 1. The molecule has 0 aliphatic carbocycles. The Morgan fingerprint density at radius 1 is 1.00 bits per heavy atom. The minimum atomic E-state index is -1.27. The number of carbonyl (C=O) groups excluding carboxylic acids is 3. The van der Waals surface area contributed by atoms with Gasteiger partial charge in [0.1, 0.15) is 11.2 Å². The zero-order chi connectivity index (χ0) is 26.1. The number of nitrogens with zero attached hydrogens (tertiary/aromatic N) is 1. The van der Waals surface area contributed by atoms with Crippen molar-refractivity contribution in [1.82, 2.24) is 0 Å². The van der Waals surface area contributed by atoms with E-state index in [9.17, 15) is 14.4 Å². The van der Waals surface area contributed by atoms with Crippen molar-refractivity contribution in [1.29, 1.82) is 0 Å². The van der Waals surface area contributed by atoms with E-state index in [0.717, 1.165) is 28.0 Å². The Bertz CT molecular complexity index is 1510. The average Bonchev–Trinajstić information content (AvgIpc) is 3.36. The second kappa shape index (κ2) is 8.17. The molecule has 0 bridgehead atoms. The molecule has 3 aromatic carbocycles. The van der Waals surface area contributed by atoms with Crippen molar-refractivity contribution in [2.45, 2.75) is 38.3 Å². The number of anilines is 2. The monoisotopic (exact) mass is 492 g/mol. The van der Waals surface area contributed by atoms with Crippen molar-refractivity contribution < 1.29 is 19.1 Å². The highest BCUT2D eigenvalue weighted by molar-refractivity contribution is 6.16. The lowest BCUT2D eigenvalue weighted by molar-refractivity contribution is -0.122. The molecule has 1 amide bonds. The van der Waals surface area contributed by atoms with Crippen molar-refractivity contribution >= 4 is 34.4 Å². The van der Waals surface area contributed by atoms with Gasteiger partial charge in [-0.3, -0.25) is 14.4 Å². The number of para-hydroxylation sites is 1. The number of nitrogens with one attached hydrogen (secondary N) is 1. The van der Waals surface area contributed by atoms with Crippen LogP contribution in [0.3, 0.4) is 0 Å². The second-order valence-electron chi connectivity index (χ2n) is 10.2. The van der Waals surface area contributed by atoms with E-state index in [1.54, 1.807) is 31.4 Å². The molecule has 3 aliphatic heterocycles. The smallest absolute Gasteiger partial charge is 0.238 e. The Kier molecular flexibility index (Phi) is 5.13. The minimum absolute atomic E-state index is 0.148. The van der Waals surface area contributed by atoms with E-state index in [-0.39, 0.29) is 17.5 Å². The topological polar surface area (TPSA) is 75.7 Å². The second-order valence-corrected chi connectivity index (χ2v) is 10.2. The highest BCUT2D eigenvalue weighted by atomic mass is 16.5. The summed E-state index contributed by atoms with van der Waals surface area (Å²) in [6, 6.07) is 19.2. The molecule has 1 fully saturated rings. The largest absolute Gasteiger partial charge is 0.497 e. The van der Waals surface area contributed by atoms with Crippen LogP contribution in [0.2, 0.25) is 0 Å². The van der Waals surface area contributed by atoms with E-state index in [2.05, 4.69) is 17.5 Å². The van der Waals surface area contributed by atoms with Crippen LogP contribution in [-0.4, -0.2) is 36.7 Å². The maximum Gasteiger partial charge on any atom is 0.238 e. The molecule has 4 unspecified atom stereocenters. The molecule has 1 saturated heterocycles. The number of hydrogen-bond donors (Lipinski definition) is 1. The number of aryl methyl sites for hydroxylation is 1. The normalized spacial score (nSPS) is 25.2. The van der Waals surface area contributed by atoms with Gasteiger partial charge in [-0.25, -0.2) is 0 Å². The zero-order valence-corrected chi connectivity index (χ0v) is 21.2. The van der Waals surface area contributed by atoms with Crippen molar-refractivity contribution in [2.75, 3.05) is 17.3 Å². The number of ether oxygens (including phenoxy) is 1. The van der Waals surface area contributed by atoms with Gasteiger partial charge in [0.2, 0.25) is 5.91 Å². The summed E-state index contributed by atoms with van der Waals surface area (Å²) in [6.45, 7) is 5.58. The molecule has 6 heteroatoms. The minimum Gasteiger partial charge on any atom is -0.497 e. The Balaban J connectivity index is 1.65. The van der Waals surface area contributed by atoms with Gasteiger partial charge in [0.25, 0.3) is 0 Å². The van der Waals surface area contributed by atoms with Crippen LogP contribution < -0.4 is 15.0 Å². The van der Waals surface area contributed by atoms with Gasteiger partial charge in [-0.2, -0.15) is 0 Å². The van der Waals surface area contributed by atoms with Gasteiger partial charge in [0, 0.05) is 22.5 Å². The summed E-state index contributed by atoms with van der Waals surface area (Å²) in [4.78, 5) is 44.1. The zero-order valence-electron chi connectivity index (χ0n) is 21.2. The third kappa shape index (κ3) is 3.08. The number of hydrogen-bond acceptors (Lipinski definition) is 5. The number of benzene rings is 3. The predicted molar refractivity (Wildman–Crippen MR) is 143 cm³/mol. The number of rotatable bonds is 4. The van der Waals surface area contributed by atoms with E-state index < -0.39 is 23.4 Å². The molecule has 0 saturated carbocycles. The SMILES string of the molecule is COc1ccc(C(=O)C2C(C(C)=O)N3c4ccc(C)cc4C(C)=CC3C23C(=O)Nc2ccccc23)cc1. The van der Waals surface area contributed by atoms with Gasteiger partial charge in [0.05, 0.1) is 25.1 Å². The molecule has 6 rings (SSSR count). The van der Waals surface area contributed by atoms with E-state index in [0.29, 0.717) is 17.0 Å². The number of Topliss-reactive ketones (excluding diaryl/α,β-unsaturated/α-hetero) is 2. The number of carbonyl (C=O) groups is 3. The third-order valence-corrected chi connectivity index (χ3v) is 8.21. The molecule has 3 aliphatic rings. The molecule has 1 spiro atoms. The highest BCUT2D eigenvalue weighted by Gasteiger charge is 2.70. The summed E-state index contributed by atoms with van der Waals surface area (Å²) in [6.07, 6.45) is 2.07. The lowest BCUT2D eigenvalue weighted by atomic mass is 9.64. The fraction of sp³-hybridized carbons (Fsp3) is 0.258. The summed E-state index contributed by atoms with van der Waals surface area (Å²) in [7, 11) is 1.57. The van der Waals surface area contributed by atoms with Crippen LogP contribution in [0.15, 0.2) is 72.8 Å². The van der Waals surface area contributed by atoms with Gasteiger partial charge in [-0.05, 0) is 74.4 Å². The molecule has 0 radical (unpaired) electrons. The van der Waals surface area contributed by atoms with Gasteiger partial charge >= 0.3 is 0 Å². The Morgan fingerprint density at radius 2 is 1.73 bits per heavy atom. The highest BCUT2D eigenvalue weighted by Crippen LogP contribution is 2.58. The molecule has 3 aromatic rings. The lowest BCUT2D eigenvalue weighted by Gasteiger charge is -2.39. The third-order valence-electron chi connectivity index (χ3n) is 8.21. The van der Waals surface area contributed by atoms with Gasteiger partial charge in [-0.15, -0.1) is 0 Å². The maximum absolute atomic E-state index is 14.4. The van der Waals surface area contributed by atoms with Crippen molar-refractivity contribution in [2.24, 2.45) is 5.92 Å². The Labute approximate surface area is 215 Å². The number of ketones is 2. The van der Waals surface area contributed by atoms with E-state index in [1.807, 2.05) is 55.1 Å². The fourth-order valence-electron chi connectivity index (χ4n) is 6.63. The quantitative estimate of drug-likeness (QED) is 0.522. The summed E-state index contributed by atoms with van der Waals surface area (Å²) in [5, 5.41) is 3.05. The van der Waals surface area contributed by atoms with Crippen molar-refractivity contribution in [3.05, 3.63) is 95.1 Å². The molecule has 186 valence electrons. The Hall–Kier alpha value is -4.19. The first kappa shape index (κ1) is 23.2. The summed E-state index contributed by atoms with van der Waals surface area (Å²) in [5.74, 6) is -0.929. The first-order valence-corrected chi connectivity index (χ1v) is 12.5. The van der Waals surface area contributed by atoms with Crippen molar-refractivity contribution in [3.8, 4) is 5.75 Å². The number of allylic oxidation sites excluding steroid dienone is 1. The standard InChI is InChI=1S/C31H28N2O4/c1-17-9-14-25-22(15-17)18(2)16-26-31(23-7-5-6-8-24(23)32-30(31)36)27(28(19(3)34)33(25)26)29(35)20-10-12-21(37-4)13-11-20/h5-16,26-28H,1-4H3,(H,32,36). The van der Waals surface area contributed by atoms with Gasteiger partial charge < -0.3 is 15.0 Å². The lowest BCUT2D eigenvalue weighted by Crippen LogP contribution is -2.51. The molecule has 0 aromatic heterocycles. The van der Waals surface area contributed by atoms with E-state index in [1.165, 1.54) is 6.92 Å². The van der Waals surface area contributed by atoms with Crippen LogP contribution >= 0.6 is 0 Å². The summed E-state index contributed by atoms with van der Waals surface area (Å²) in [5.41, 5.74) is 4.63. The number of amides is 1. The van der Waals surface area contributed by atoms with Crippen molar-refractivity contribution in [3.63, 3.8) is 0 Å². The molecular weight excluding hydrogens is 464 g/mol. The first-order chi connectivity index (χ1) is 17.8. The van der Waals surface area contributed by atoms with Crippen LogP contribution in [0.1, 0.15) is 40.9 Å². The molecule has 3 heterocycles. The fourth-order valence-corrected chi connectivity index (χ4v) is 6.63. The van der Waals surface area contributed by atoms with Gasteiger partial charge in [-0.1, -0.05) is 35.9 Å². The predicted octanol–water partition coefficient (Wildman–Crippen LogP) is 4.96. The first-order valence-electron chi connectivity index (χ1n) is 12.5. The van der Waals surface area contributed by atoms with Crippen LogP contribution in [0.4, 0.5) is 11.4 Å². The Morgan fingerprint density at radius 3 is 2.43 bits per heavy atom. The van der Waals surface area contributed by atoms with E-state index in [4.69, 9.17) is 4.74 Å². The summed E-state index contributed by atoms with van der Waals surface area (Å²) >= 11 is 0. The number of fused-ring (bicyclic) bond motifs is 6. The summed E-state index contributed by atoms with van der Waals surface area (Å²) < 4.78 is 5.28. The van der Waals surface area contributed by atoms with Crippen LogP contribution in [0.5, 0.6) is 5.75 Å². The van der Waals surface area contributed by atoms with Crippen LogP contribution in [-0.2, 0) is 15.0 Å².